The van der Waals surface area contributed by atoms with E-state index >= 15 is 0 Å². The summed E-state index contributed by atoms with van der Waals surface area (Å²) in [4.78, 5) is 17.3. The second kappa shape index (κ2) is 8.61. The van der Waals surface area contributed by atoms with E-state index in [4.69, 9.17) is 16.0 Å². The molecule has 0 saturated carbocycles. The van der Waals surface area contributed by atoms with E-state index in [1.807, 2.05) is 42.5 Å². The van der Waals surface area contributed by atoms with Crippen molar-refractivity contribution in [2.75, 3.05) is 43.4 Å². The molecule has 1 aliphatic heterocycles. The number of furan rings is 1. The highest BCUT2D eigenvalue weighted by atomic mass is 79.9. The van der Waals surface area contributed by atoms with E-state index in [0.717, 1.165) is 41.9 Å². The zero-order chi connectivity index (χ0) is 20.4. The molecule has 5 nitrogen and oxygen atoms in total. The summed E-state index contributed by atoms with van der Waals surface area (Å²) in [5.74, 6) is 0.603. The number of benzene rings is 2. The fourth-order valence-electron chi connectivity index (χ4n) is 3.38. The van der Waals surface area contributed by atoms with E-state index in [1.54, 1.807) is 12.1 Å². The Kier molecular flexibility index (Phi) is 5.94. The van der Waals surface area contributed by atoms with Gasteiger partial charge in [0.05, 0.1) is 16.4 Å². The Labute approximate surface area is 183 Å². The number of carbonyl (C=O) groups is 1. The van der Waals surface area contributed by atoms with Crippen LogP contribution in [0.25, 0.3) is 11.3 Å². The molecular weight excluding hydrogens is 454 g/mol. The molecule has 1 amide bonds. The van der Waals surface area contributed by atoms with Gasteiger partial charge in [0.15, 0.2) is 5.76 Å². The van der Waals surface area contributed by atoms with Crippen LogP contribution >= 0.6 is 27.5 Å². The molecule has 2 heterocycles. The summed E-state index contributed by atoms with van der Waals surface area (Å²) >= 11 is 9.91. The number of anilines is 2. The molecule has 0 aliphatic carbocycles. The summed E-state index contributed by atoms with van der Waals surface area (Å²) in [5, 5.41) is 3.60. The van der Waals surface area contributed by atoms with Crippen LogP contribution in [0.3, 0.4) is 0 Å². The minimum absolute atomic E-state index is 0.257. The van der Waals surface area contributed by atoms with Gasteiger partial charge >= 0.3 is 0 Å². The molecule has 0 atom stereocenters. The van der Waals surface area contributed by atoms with E-state index < -0.39 is 0 Å². The second-order valence-corrected chi connectivity index (χ2v) is 8.37. The van der Waals surface area contributed by atoms with Gasteiger partial charge in [0.2, 0.25) is 0 Å². The number of amides is 1. The lowest BCUT2D eigenvalue weighted by molar-refractivity contribution is 0.0997. The first-order chi connectivity index (χ1) is 14.0. The number of halogens is 2. The molecule has 0 radical (unpaired) electrons. The van der Waals surface area contributed by atoms with Gasteiger partial charge in [-0.25, -0.2) is 0 Å². The normalized spacial score (nSPS) is 14.8. The maximum Gasteiger partial charge on any atom is 0.291 e. The number of piperazine rings is 1. The summed E-state index contributed by atoms with van der Waals surface area (Å²) < 4.78 is 6.78. The van der Waals surface area contributed by atoms with Crippen LogP contribution in [0.15, 0.2) is 63.5 Å². The van der Waals surface area contributed by atoms with Crippen molar-refractivity contribution in [2.45, 2.75) is 0 Å². The molecule has 4 rings (SSSR count). The highest BCUT2D eigenvalue weighted by molar-refractivity contribution is 9.10. The van der Waals surface area contributed by atoms with E-state index in [0.29, 0.717) is 16.5 Å². The summed E-state index contributed by atoms with van der Waals surface area (Å²) in [6.07, 6.45) is 0. The van der Waals surface area contributed by atoms with E-state index in [9.17, 15) is 4.79 Å². The first-order valence-corrected chi connectivity index (χ1v) is 10.6. The van der Waals surface area contributed by atoms with Gasteiger partial charge < -0.3 is 19.5 Å². The van der Waals surface area contributed by atoms with Gasteiger partial charge in [-0.05, 0) is 43.4 Å². The summed E-state index contributed by atoms with van der Waals surface area (Å²) in [7, 11) is 2.10. The van der Waals surface area contributed by atoms with Crippen LogP contribution in [-0.4, -0.2) is 44.0 Å². The van der Waals surface area contributed by atoms with Crippen molar-refractivity contribution in [3.05, 3.63) is 69.9 Å². The largest absolute Gasteiger partial charge is 0.451 e. The predicted octanol–water partition coefficient (Wildman–Crippen LogP) is 5.37. The van der Waals surface area contributed by atoms with Crippen molar-refractivity contribution in [2.24, 2.45) is 0 Å². The third-order valence-electron chi connectivity index (χ3n) is 5.01. The Balaban J connectivity index is 1.55. The lowest BCUT2D eigenvalue weighted by Gasteiger charge is -2.35. The summed E-state index contributed by atoms with van der Waals surface area (Å²) in [5.41, 5.74) is 2.46. The number of carbonyl (C=O) groups excluding carboxylic acids is 1. The van der Waals surface area contributed by atoms with E-state index in [2.05, 4.69) is 38.1 Å². The Morgan fingerprint density at radius 3 is 2.48 bits per heavy atom. The van der Waals surface area contributed by atoms with Crippen molar-refractivity contribution in [3.63, 3.8) is 0 Å². The lowest BCUT2D eigenvalue weighted by atomic mass is 10.2. The van der Waals surface area contributed by atoms with Crippen LogP contribution in [0.4, 0.5) is 11.4 Å². The molecular formula is C22H21BrClN3O2. The number of likely N-dealkylation sites (N-methyl/N-ethyl adjacent to an activating group) is 1. The fraction of sp³-hybridized carbons (Fsp3) is 0.227. The van der Waals surface area contributed by atoms with Crippen molar-refractivity contribution < 1.29 is 9.21 Å². The Morgan fingerprint density at radius 1 is 1.03 bits per heavy atom. The van der Waals surface area contributed by atoms with Crippen LogP contribution < -0.4 is 10.2 Å². The topological polar surface area (TPSA) is 48.7 Å². The number of para-hydroxylation sites is 1. The third-order valence-corrected chi connectivity index (χ3v) is 5.85. The first-order valence-electron chi connectivity index (χ1n) is 9.40. The van der Waals surface area contributed by atoms with Gasteiger partial charge in [0.1, 0.15) is 5.76 Å². The molecule has 150 valence electrons. The molecule has 1 saturated heterocycles. The number of nitrogens with one attached hydrogen (secondary N) is 1. The van der Waals surface area contributed by atoms with Crippen LogP contribution in [0.5, 0.6) is 0 Å². The van der Waals surface area contributed by atoms with Gasteiger partial charge in [-0.15, -0.1) is 0 Å². The third kappa shape index (κ3) is 4.50. The zero-order valence-corrected chi connectivity index (χ0v) is 18.3. The molecule has 2 aromatic carbocycles. The van der Waals surface area contributed by atoms with Crippen LogP contribution in [0.2, 0.25) is 5.02 Å². The molecule has 7 heteroatoms. The quantitative estimate of drug-likeness (QED) is 0.552. The molecule has 1 aliphatic rings. The Hall–Kier alpha value is -2.28. The zero-order valence-electron chi connectivity index (χ0n) is 16.0. The minimum Gasteiger partial charge on any atom is -0.451 e. The first kappa shape index (κ1) is 20.0. The number of hydrogen-bond donors (Lipinski definition) is 1. The molecule has 0 bridgehead atoms. The molecule has 1 N–H and O–H groups in total. The standard InChI is InChI=1S/C22H21BrClN3O2/c1-26-11-13-27(14-12-26)21-17(24)3-2-4-18(21)25-22(28)20-10-9-19(29-20)15-5-7-16(23)8-6-15/h2-10H,11-14H2,1H3,(H,25,28). The molecule has 0 spiro atoms. The maximum atomic E-state index is 12.8. The van der Waals surface area contributed by atoms with E-state index in [1.165, 1.54) is 0 Å². The van der Waals surface area contributed by atoms with Gasteiger partial charge in [-0.1, -0.05) is 45.7 Å². The van der Waals surface area contributed by atoms with E-state index in [-0.39, 0.29) is 11.7 Å². The maximum absolute atomic E-state index is 12.8. The van der Waals surface area contributed by atoms with Gasteiger partial charge in [-0.3, -0.25) is 4.79 Å². The summed E-state index contributed by atoms with van der Waals surface area (Å²) in [6.45, 7) is 3.62. The van der Waals surface area contributed by atoms with Crippen molar-refractivity contribution in [3.8, 4) is 11.3 Å². The van der Waals surface area contributed by atoms with Gasteiger partial charge in [0, 0.05) is 36.2 Å². The molecule has 3 aromatic rings. The smallest absolute Gasteiger partial charge is 0.291 e. The van der Waals surface area contributed by atoms with Crippen molar-refractivity contribution in [1.82, 2.24) is 4.90 Å². The molecule has 1 fully saturated rings. The molecule has 29 heavy (non-hydrogen) atoms. The molecule has 0 unspecified atom stereocenters. The fourth-order valence-corrected chi connectivity index (χ4v) is 3.94. The van der Waals surface area contributed by atoms with Crippen LogP contribution in [0, 0.1) is 0 Å². The average Bonchev–Trinajstić information content (AvgIpc) is 3.20. The predicted molar refractivity (Wildman–Crippen MR) is 121 cm³/mol. The SMILES string of the molecule is CN1CCN(c2c(Cl)cccc2NC(=O)c2ccc(-c3ccc(Br)cc3)o2)CC1. The van der Waals surface area contributed by atoms with Crippen LogP contribution in [-0.2, 0) is 0 Å². The number of nitrogens with zero attached hydrogens (tertiary/aromatic N) is 2. The van der Waals surface area contributed by atoms with Crippen molar-refractivity contribution in [1.29, 1.82) is 0 Å². The Bertz CT molecular complexity index is 1010. The van der Waals surface area contributed by atoms with Crippen LogP contribution in [0.1, 0.15) is 10.6 Å². The number of hydrogen-bond acceptors (Lipinski definition) is 4. The Morgan fingerprint density at radius 2 is 1.76 bits per heavy atom. The lowest BCUT2D eigenvalue weighted by Crippen LogP contribution is -2.44. The monoisotopic (exact) mass is 473 g/mol. The highest BCUT2D eigenvalue weighted by Gasteiger charge is 2.21. The highest BCUT2D eigenvalue weighted by Crippen LogP contribution is 2.35. The second-order valence-electron chi connectivity index (χ2n) is 7.05. The molecule has 1 aromatic heterocycles. The summed E-state index contributed by atoms with van der Waals surface area (Å²) in [6, 6.07) is 16.8. The van der Waals surface area contributed by atoms with Gasteiger partial charge in [-0.2, -0.15) is 0 Å². The minimum atomic E-state index is -0.300. The average molecular weight is 475 g/mol. The van der Waals surface area contributed by atoms with Crippen molar-refractivity contribution >= 4 is 44.8 Å². The van der Waals surface area contributed by atoms with Gasteiger partial charge in [0.25, 0.3) is 5.91 Å². The number of rotatable bonds is 4.